The Morgan fingerprint density at radius 3 is 1.80 bits per heavy atom. The number of halogens is 1. The Kier molecular flexibility index (Phi) is 10.9. The predicted octanol–water partition coefficient (Wildman–Crippen LogP) is 5.25. The fourth-order valence-electron chi connectivity index (χ4n) is 2.17. The number of hydrogen-bond acceptors (Lipinski definition) is 2. The van der Waals surface area contributed by atoms with Crippen LogP contribution in [0.25, 0.3) is 0 Å². The van der Waals surface area contributed by atoms with Crippen LogP contribution in [0, 0.1) is 23.2 Å². The van der Waals surface area contributed by atoms with Gasteiger partial charge in [-0.15, -0.1) is 11.6 Å². The minimum absolute atomic E-state index is 0.654. The minimum Gasteiger partial charge on any atom is -0.497 e. The molecule has 1 saturated carbocycles. The summed E-state index contributed by atoms with van der Waals surface area (Å²) in [6.07, 6.45) is 7.37. The molecule has 0 aliphatic heterocycles. The lowest BCUT2D eigenvalue weighted by Gasteiger charge is -2.24. The lowest BCUT2D eigenvalue weighted by Crippen LogP contribution is -2.12. The molecule has 1 aromatic carbocycles. The van der Waals surface area contributed by atoms with E-state index in [1.54, 1.807) is 31.4 Å². The first-order valence-corrected chi connectivity index (χ1v) is 7.85. The number of benzene rings is 1. The SMILES string of the molecule is CC1CCCCC1C.CCl.COc1ccc(C#N)cc1. The first-order chi connectivity index (χ1) is 9.67. The zero-order valence-corrected chi connectivity index (χ0v) is 13.8. The normalized spacial score (nSPS) is 20.4. The lowest BCUT2D eigenvalue weighted by atomic mass is 9.82. The molecule has 2 nitrogen and oxygen atoms in total. The number of rotatable bonds is 1. The Hall–Kier alpha value is -1.20. The first-order valence-electron chi connectivity index (χ1n) is 7.09. The van der Waals surface area contributed by atoms with E-state index in [1.807, 2.05) is 6.07 Å². The van der Waals surface area contributed by atoms with Crippen LogP contribution in [0.15, 0.2) is 24.3 Å². The van der Waals surface area contributed by atoms with Crippen molar-refractivity contribution in [2.24, 2.45) is 11.8 Å². The van der Waals surface area contributed by atoms with Crippen molar-refractivity contribution in [1.82, 2.24) is 0 Å². The van der Waals surface area contributed by atoms with E-state index in [2.05, 4.69) is 25.4 Å². The second-order valence-corrected chi connectivity index (χ2v) is 5.08. The number of nitriles is 1. The summed E-state index contributed by atoms with van der Waals surface area (Å²) in [5.74, 6) is 2.78. The number of ether oxygens (including phenoxy) is 1. The predicted molar refractivity (Wildman–Crippen MR) is 86.3 cm³/mol. The van der Waals surface area contributed by atoms with Gasteiger partial charge < -0.3 is 4.74 Å². The Morgan fingerprint density at radius 1 is 1.05 bits per heavy atom. The molecule has 1 fully saturated rings. The van der Waals surface area contributed by atoms with Crippen LogP contribution in [-0.4, -0.2) is 13.5 Å². The van der Waals surface area contributed by atoms with Crippen molar-refractivity contribution in [1.29, 1.82) is 5.26 Å². The van der Waals surface area contributed by atoms with Crippen LogP contribution < -0.4 is 4.74 Å². The molecule has 2 unspecified atom stereocenters. The molecule has 3 heteroatoms. The van der Waals surface area contributed by atoms with Crippen LogP contribution in [-0.2, 0) is 0 Å². The maximum atomic E-state index is 8.41. The molecule has 2 rings (SSSR count). The average molecular weight is 296 g/mol. The Balaban J connectivity index is 0.000000327. The van der Waals surface area contributed by atoms with Crippen molar-refractivity contribution < 1.29 is 4.74 Å². The van der Waals surface area contributed by atoms with Gasteiger partial charge in [0, 0.05) is 6.38 Å². The molecule has 0 saturated heterocycles. The summed E-state index contributed by atoms with van der Waals surface area (Å²) in [5, 5.41) is 8.41. The van der Waals surface area contributed by atoms with E-state index >= 15 is 0 Å². The Labute approximate surface area is 128 Å². The van der Waals surface area contributed by atoms with E-state index in [0.29, 0.717) is 5.56 Å². The molecular formula is C17H26ClNO. The van der Waals surface area contributed by atoms with Crippen LogP contribution in [0.3, 0.4) is 0 Å². The van der Waals surface area contributed by atoms with Gasteiger partial charge in [0.25, 0.3) is 0 Å². The van der Waals surface area contributed by atoms with Gasteiger partial charge in [-0.2, -0.15) is 5.26 Å². The van der Waals surface area contributed by atoms with Gasteiger partial charge in [0.2, 0.25) is 0 Å². The second kappa shape index (κ2) is 11.6. The van der Waals surface area contributed by atoms with Gasteiger partial charge in [0.05, 0.1) is 18.7 Å². The summed E-state index contributed by atoms with van der Waals surface area (Å²) in [4.78, 5) is 0. The van der Waals surface area contributed by atoms with Gasteiger partial charge >= 0.3 is 0 Å². The molecule has 0 aromatic heterocycles. The van der Waals surface area contributed by atoms with Crippen LogP contribution in [0.5, 0.6) is 5.75 Å². The third-order valence-electron chi connectivity index (χ3n) is 3.76. The van der Waals surface area contributed by atoms with E-state index in [0.717, 1.165) is 17.6 Å². The molecule has 0 heterocycles. The molecule has 1 aliphatic carbocycles. The maximum Gasteiger partial charge on any atom is 0.118 e. The highest BCUT2D eigenvalue weighted by Crippen LogP contribution is 2.28. The quantitative estimate of drug-likeness (QED) is 0.663. The summed E-state index contributed by atoms with van der Waals surface area (Å²) in [6.45, 7) is 4.76. The third-order valence-corrected chi connectivity index (χ3v) is 3.76. The minimum atomic E-state index is 0.654. The molecule has 0 N–H and O–H groups in total. The largest absolute Gasteiger partial charge is 0.497 e. The molecule has 0 amide bonds. The summed E-state index contributed by atoms with van der Waals surface area (Å²) < 4.78 is 4.90. The highest BCUT2D eigenvalue weighted by atomic mass is 35.5. The molecule has 112 valence electrons. The van der Waals surface area contributed by atoms with Crippen LogP contribution in [0.2, 0.25) is 0 Å². The maximum absolute atomic E-state index is 8.41. The van der Waals surface area contributed by atoms with Gasteiger partial charge in [0.1, 0.15) is 5.75 Å². The second-order valence-electron chi connectivity index (χ2n) is 5.08. The molecule has 0 bridgehead atoms. The standard InChI is InChI=1S/C8H7NO.C8H16.CH3Cl/c1-10-8-4-2-7(6-9)3-5-8;1-7-5-3-4-6-8(7)2;1-2/h2-5H,1H3;7-8H,3-6H2,1-2H3;1H3. The van der Waals surface area contributed by atoms with Crippen LogP contribution >= 0.6 is 11.6 Å². The molecule has 1 aliphatic rings. The van der Waals surface area contributed by atoms with Crippen LogP contribution in [0.4, 0.5) is 0 Å². The molecular weight excluding hydrogens is 270 g/mol. The zero-order valence-electron chi connectivity index (χ0n) is 13.0. The monoisotopic (exact) mass is 295 g/mol. The summed E-state index contributed by atoms with van der Waals surface area (Å²) >= 11 is 4.64. The van der Waals surface area contributed by atoms with E-state index < -0.39 is 0 Å². The van der Waals surface area contributed by atoms with Gasteiger partial charge in [0.15, 0.2) is 0 Å². The molecule has 0 radical (unpaired) electrons. The van der Waals surface area contributed by atoms with E-state index in [4.69, 9.17) is 10.00 Å². The molecule has 1 aromatic rings. The fraction of sp³-hybridized carbons (Fsp3) is 0.588. The van der Waals surface area contributed by atoms with Crippen molar-refractivity contribution in [3.05, 3.63) is 29.8 Å². The first kappa shape index (κ1) is 18.8. The molecule has 0 spiro atoms. The highest BCUT2D eigenvalue weighted by Gasteiger charge is 2.15. The van der Waals surface area contributed by atoms with E-state index in [9.17, 15) is 0 Å². The van der Waals surface area contributed by atoms with Crippen molar-refractivity contribution in [3.63, 3.8) is 0 Å². The molecule has 20 heavy (non-hydrogen) atoms. The average Bonchev–Trinajstić information content (AvgIpc) is 2.53. The van der Waals surface area contributed by atoms with Gasteiger partial charge in [-0.1, -0.05) is 39.5 Å². The summed E-state index contributed by atoms with van der Waals surface area (Å²) in [5.41, 5.74) is 0.654. The summed E-state index contributed by atoms with van der Waals surface area (Å²) in [7, 11) is 1.60. The number of nitrogens with zero attached hydrogens (tertiary/aromatic N) is 1. The number of methoxy groups -OCH3 is 1. The van der Waals surface area contributed by atoms with Gasteiger partial charge in [-0.3, -0.25) is 0 Å². The van der Waals surface area contributed by atoms with Crippen molar-refractivity contribution >= 4 is 11.6 Å². The van der Waals surface area contributed by atoms with Crippen molar-refractivity contribution in [2.45, 2.75) is 39.5 Å². The highest BCUT2D eigenvalue weighted by molar-refractivity contribution is 6.15. The summed E-state index contributed by atoms with van der Waals surface area (Å²) in [6, 6.07) is 8.99. The smallest absolute Gasteiger partial charge is 0.118 e. The number of hydrogen-bond donors (Lipinski definition) is 0. The van der Waals surface area contributed by atoms with Crippen molar-refractivity contribution in [2.75, 3.05) is 13.5 Å². The fourth-order valence-corrected chi connectivity index (χ4v) is 2.17. The van der Waals surface area contributed by atoms with Crippen molar-refractivity contribution in [3.8, 4) is 11.8 Å². The number of alkyl halides is 1. The van der Waals surface area contributed by atoms with E-state index in [1.165, 1.54) is 32.1 Å². The van der Waals surface area contributed by atoms with Crippen LogP contribution in [0.1, 0.15) is 45.1 Å². The van der Waals surface area contributed by atoms with E-state index in [-0.39, 0.29) is 0 Å². The lowest BCUT2D eigenvalue weighted by molar-refractivity contribution is 0.277. The Bertz CT molecular complexity index is 373. The Morgan fingerprint density at radius 2 is 1.50 bits per heavy atom. The third kappa shape index (κ3) is 7.40. The van der Waals surface area contributed by atoms with Gasteiger partial charge in [-0.05, 0) is 36.1 Å². The topological polar surface area (TPSA) is 33.0 Å². The van der Waals surface area contributed by atoms with Gasteiger partial charge in [-0.25, -0.2) is 0 Å². The zero-order chi connectivity index (χ0) is 15.4. The molecule has 2 atom stereocenters.